The largest absolute Gasteiger partial charge is 0.445 e. The maximum absolute atomic E-state index is 12.9. The van der Waals surface area contributed by atoms with Crippen molar-refractivity contribution in [2.24, 2.45) is 10.9 Å². The number of carbonyl (C=O) groups is 2. The third-order valence-corrected chi connectivity index (χ3v) is 5.79. The lowest BCUT2D eigenvalue weighted by molar-refractivity contribution is -0.407. The summed E-state index contributed by atoms with van der Waals surface area (Å²) in [7, 11) is 2.95. The Morgan fingerprint density at radius 1 is 1.30 bits per heavy atom. The van der Waals surface area contributed by atoms with Crippen LogP contribution < -0.4 is 0 Å². The molecule has 1 aromatic carbocycles. The van der Waals surface area contributed by atoms with Gasteiger partial charge in [-0.1, -0.05) is 18.2 Å². The van der Waals surface area contributed by atoms with E-state index in [2.05, 4.69) is 4.99 Å². The average Bonchev–Trinajstić information content (AvgIpc) is 2.63. The molecular weight excluding hydrogens is 379 g/mol. The van der Waals surface area contributed by atoms with Crippen LogP contribution in [0.3, 0.4) is 0 Å². The smallest absolute Gasteiger partial charge is 0.255 e. The molecule has 1 unspecified atom stereocenters. The fraction of sp³-hybridized carbons (Fsp3) is 0.333. The van der Waals surface area contributed by atoms with E-state index in [0.29, 0.717) is 16.3 Å². The van der Waals surface area contributed by atoms with E-state index in [9.17, 15) is 22.8 Å². The van der Waals surface area contributed by atoms with E-state index in [1.807, 2.05) is 0 Å². The Morgan fingerprint density at radius 3 is 2.67 bits per heavy atom. The summed E-state index contributed by atoms with van der Waals surface area (Å²) in [6.07, 6.45) is -2.83. The highest BCUT2D eigenvalue weighted by molar-refractivity contribution is 8.02. The van der Waals surface area contributed by atoms with Gasteiger partial charge in [0.05, 0.1) is 19.7 Å². The number of amides is 3. The number of allylic oxidation sites excluding steroid dienone is 1. The van der Waals surface area contributed by atoms with Crippen molar-refractivity contribution in [3.63, 3.8) is 0 Å². The summed E-state index contributed by atoms with van der Waals surface area (Å²) >= 11 is 1.29. The van der Waals surface area contributed by atoms with Crippen molar-refractivity contribution in [2.75, 3.05) is 14.1 Å². The van der Waals surface area contributed by atoms with Crippen molar-refractivity contribution in [3.8, 4) is 0 Å². The van der Waals surface area contributed by atoms with Crippen LogP contribution in [0.15, 0.2) is 39.7 Å². The molecule has 0 spiro atoms. The van der Waals surface area contributed by atoms with E-state index in [0.717, 1.165) is 22.6 Å². The van der Waals surface area contributed by atoms with Crippen LogP contribution in [0.2, 0.25) is 0 Å². The van der Waals surface area contributed by atoms with Crippen LogP contribution >= 0.6 is 11.8 Å². The van der Waals surface area contributed by atoms with Gasteiger partial charge in [-0.2, -0.15) is 22.6 Å². The minimum absolute atomic E-state index is 0.267. The number of nitrogens with zero attached hydrogens (tertiary/aromatic N) is 3. The predicted octanol–water partition coefficient (Wildman–Crippen LogP) is 3.55. The molecule has 0 aliphatic carbocycles. The summed E-state index contributed by atoms with van der Waals surface area (Å²) in [5.41, 5.74) is 0.549. The molecule has 27 heavy (non-hydrogen) atoms. The van der Waals surface area contributed by atoms with Crippen LogP contribution in [0.1, 0.15) is 18.1 Å². The van der Waals surface area contributed by atoms with E-state index in [4.69, 9.17) is 0 Å². The SMILES string of the molecule is CC1=C(SCc2cccc(C(F)(F)F)c2)C2C(=O)N(C)C(=O)[N+](C)=C2N=C1. The van der Waals surface area contributed by atoms with Gasteiger partial charge < -0.3 is 0 Å². The van der Waals surface area contributed by atoms with E-state index in [1.165, 1.54) is 29.5 Å². The fourth-order valence-corrected chi connectivity index (χ4v) is 4.11. The molecule has 9 heteroatoms. The van der Waals surface area contributed by atoms with Crippen LogP contribution in [-0.2, 0) is 16.7 Å². The zero-order valence-corrected chi connectivity index (χ0v) is 15.7. The van der Waals surface area contributed by atoms with Gasteiger partial charge in [-0.05, 0) is 24.1 Å². The van der Waals surface area contributed by atoms with E-state index >= 15 is 0 Å². The number of carbonyl (C=O) groups excluding carboxylic acids is 2. The molecule has 3 rings (SSSR count). The molecule has 5 nitrogen and oxygen atoms in total. The molecule has 3 amide bonds. The Morgan fingerprint density at radius 2 is 2.00 bits per heavy atom. The van der Waals surface area contributed by atoms with Crippen LogP contribution in [0.25, 0.3) is 0 Å². The fourth-order valence-electron chi connectivity index (χ4n) is 2.96. The van der Waals surface area contributed by atoms with Gasteiger partial charge in [0.15, 0.2) is 5.92 Å². The van der Waals surface area contributed by atoms with Gasteiger partial charge in [-0.15, -0.1) is 16.8 Å². The standard InChI is InChI=1S/C18H17F3N3O2S/c1-10-8-22-15-13(16(25)24(3)17(26)23(15)2)14(10)27-9-11-5-4-6-12(7-11)18(19,20)21/h4-8,13H,9H2,1-3H3/q+1. The number of amidine groups is 1. The van der Waals surface area contributed by atoms with Gasteiger partial charge in [0.2, 0.25) is 0 Å². The number of hydrogen-bond acceptors (Lipinski definition) is 4. The Bertz CT molecular complexity index is 919. The van der Waals surface area contributed by atoms with Gasteiger partial charge in [0, 0.05) is 10.7 Å². The zero-order valence-electron chi connectivity index (χ0n) is 14.9. The van der Waals surface area contributed by atoms with E-state index < -0.39 is 29.6 Å². The van der Waals surface area contributed by atoms with Crippen molar-refractivity contribution in [1.82, 2.24) is 4.90 Å². The van der Waals surface area contributed by atoms with Crippen molar-refractivity contribution >= 4 is 35.8 Å². The summed E-state index contributed by atoms with van der Waals surface area (Å²) in [5, 5.41) is 0. The summed E-state index contributed by atoms with van der Waals surface area (Å²) < 4.78 is 40.0. The lowest BCUT2D eigenvalue weighted by atomic mass is 9.99. The molecule has 0 fully saturated rings. The molecule has 2 aliphatic rings. The molecule has 142 valence electrons. The lowest BCUT2D eigenvalue weighted by Crippen LogP contribution is -2.52. The molecule has 0 bridgehead atoms. The highest BCUT2D eigenvalue weighted by Gasteiger charge is 2.47. The Kier molecular flexibility index (Phi) is 4.98. The average molecular weight is 396 g/mol. The number of alkyl halides is 3. The molecule has 0 N–H and O–H groups in total. The predicted molar refractivity (Wildman–Crippen MR) is 96.8 cm³/mol. The molecule has 2 heterocycles. The summed E-state index contributed by atoms with van der Waals surface area (Å²) in [6.45, 7) is 1.79. The minimum atomic E-state index is -4.40. The van der Waals surface area contributed by atoms with Crippen LogP contribution in [0.5, 0.6) is 0 Å². The Labute approximate surface area is 158 Å². The van der Waals surface area contributed by atoms with Crippen LogP contribution in [0.4, 0.5) is 18.0 Å². The second-order valence-corrected chi connectivity index (χ2v) is 7.34. The highest BCUT2D eigenvalue weighted by atomic mass is 32.2. The molecule has 1 atom stereocenters. The number of halogens is 3. The molecule has 0 aromatic heterocycles. The topological polar surface area (TPSA) is 52.8 Å². The zero-order chi connectivity index (χ0) is 19.9. The highest BCUT2D eigenvalue weighted by Crippen LogP contribution is 2.37. The van der Waals surface area contributed by atoms with E-state index in [1.54, 1.807) is 26.3 Å². The number of aliphatic imine (C=N–C) groups is 1. The van der Waals surface area contributed by atoms with Crippen molar-refractivity contribution in [1.29, 1.82) is 0 Å². The third kappa shape index (κ3) is 3.55. The quantitative estimate of drug-likeness (QED) is 0.735. The Balaban J connectivity index is 1.90. The molecule has 0 radical (unpaired) electrons. The summed E-state index contributed by atoms with van der Waals surface area (Å²) in [5.74, 6) is -0.516. The first-order valence-electron chi connectivity index (χ1n) is 8.07. The van der Waals surface area contributed by atoms with Gasteiger partial charge in [-0.25, -0.2) is 4.79 Å². The number of imide groups is 1. The molecule has 0 saturated carbocycles. The first kappa shape index (κ1) is 19.3. The van der Waals surface area contributed by atoms with Crippen molar-refractivity contribution < 1.29 is 27.3 Å². The Hall–Kier alpha value is -2.42. The van der Waals surface area contributed by atoms with Gasteiger partial charge >= 0.3 is 18.1 Å². The number of dihydropyridines is 1. The van der Waals surface area contributed by atoms with Crippen molar-refractivity contribution in [3.05, 3.63) is 45.9 Å². The first-order valence-corrected chi connectivity index (χ1v) is 9.05. The van der Waals surface area contributed by atoms with Gasteiger partial charge in [-0.3, -0.25) is 4.79 Å². The van der Waals surface area contributed by atoms with Crippen LogP contribution in [0, 0.1) is 5.92 Å². The monoisotopic (exact) mass is 396 g/mol. The second kappa shape index (κ2) is 6.95. The van der Waals surface area contributed by atoms with Crippen LogP contribution in [-0.4, -0.2) is 47.6 Å². The normalized spacial score (nSPS) is 20.5. The number of thioether (sulfide) groups is 1. The number of fused-ring (bicyclic) bond motifs is 1. The van der Waals surface area contributed by atoms with Crippen molar-refractivity contribution in [2.45, 2.75) is 18.9 Å². The van der Waals surface area contributed by atoms with Gasteiger partial charge in [0.1, 0.15) is 6.21 Å². The molecule has 1 aromatic rings. The second-order valence-electron chi connectivity index (χ2n) is 6.32. The third-order valence-electron chi connectivity index (χ3n) is 4.44. The maximum atomic E-state index is 12.9. The van der Waals surface area contributed by atoms with E-state index in [-0.39, 0.29) is 5.75 Å². The van der Waals surface area contributed by atoms with Gasteiger partial charge in [0.25, 0.3) is 5.84 Å². The number of rotatable bonds is 3. The molecule has 2 aliphatic heterocycles. The first-order chi connectivity index (χ1) is 12.6. The maximum Gasteiger partial charge on any atom is 0.445 e. The molecular formula is C18H17F3N3O2S+. The molecule has 0 saturated heterocycles. The number of urea groups is 1. The summed E-state index contributed by atoms with van der Waals surface area (Å²) in [4.78, 5) is 30.7. The minimum Gasteiger partial charge on any atom is -0.255 e. The number of benzene rings is 1. The number of hydrogen-bond donors (Lipinski definition) is 0. The lowest BCUT2D eigenvalue weighted by Gasteiger charge is -2.27. The summed E-state index contributed by atoms with van der Waals surface area (Å²) in [6, 6.07) is 4.65.